The second kappa shape index (κ2) is 4.26. The minimum absolute atomic E-state index is 0.263. The molecular formula is C14H4N4. The topological polar surface area (TPSA) is 95.2 Å². The summed E-state index contributed by atoms with van der Waals surface area (Å²) in [6.45, 7) is 0. The molecule has 4 heteroatoms. The molecule has 0 atom stereocenters. The van der Waals surface area contributed by atoms with Gasteiger partial charge in [-0.1, -0.05) is 0 Å². The zero-order valence-electron chi connectivity index (χ0n) is 9.10. The van der Waals surface area contributed by atoms with E-state index in [1.165, 1.54) is 0 Å². The van der Waals surface area contributed by atoms with E-state index in [2.05, 4.69) is 0 Å². The van der Waals surface area contributed by atoms with E-state index in [9.17, 15) is 0 Å². The molecule has 80 valence electrons. The molecule has 0 N–H and O–H groups in total. The van der Waals surface area contributed by atoms with Gasteiger partial charge in [0.15, 0.2) is 0 Å². The van der Waals surface area contributed by atoms with Crippen LogP contribution in [-0.4, -0.2) is 0 Å². The van der Waals surface area contributed by atoms with Crippen LogP contribution in [0.5, 0.6) is 0 Å². The quantitative estimate of drug-likeness (QED) is 0.691. The van der Waals surface area contributed by atoms with Crippen LogP contribution in [0.1, 0.15) is 22.3 Å². The Bertz CT molecular complexity index is 683. The summed E-state index contributed by atoms with van der Waals surface area (Å²) < 4.78 is 0. The number of hydrogen-bond donors (Lipinski definition) is 0. The molecule has 0 aliphatic rings. The van der Waals surface area contributed by atoms with Gasteiger partial charge >= 0.3 is 0 Å². The van der Waals surface area contributed by atoms with E-state index in [1.54, 1.807) is 24.3 Å². The Kier molecular flexibility index (Phi) is 2.64. The van der Waals surface area contributed by atoms with Crippen LogP contribution in [0, 0.1) is 45.3 Å². The van der Waals surface area contributed by atoms with Gasteiger partial charge in [0.1, 0.15) is 24.3 Å². The minimum Gasteiger partial charge on any atom is -0.192 e. The fourth-order valence-corrected chi connectivity index (χ4v) is 1.72. The maximum Gasteiger partial charge on any atom is 0.101 e. The molecule has 0 aliphatic carbocycles. The summed E-state index contributed by atoms with van der Waals surface area (Å²) in [4.78, 5) is 0. The van der Waals surface area contributed by atoms with E-state index in [4.69, 9.17) is 21.0 Å². The molecule has 18 heavy (non-hydrogen) atoms. The van der Waals surface area contributed by atoms with E-state index in [1.807, 2.05) is 24.3 Å². The molecule has 0 amide bonds. The van der Waals surface area contributed by atoms with Gasteiger partial charge in [0, 0.05) is 0 Å². The summed E-state index contributed by atoms with van der Waals surface area (Å²) >= 11 is 0. The summed E-state index contributed by atoms with van der Waals surface area (Å²) in [5.74, 6) is 0. The van der Waals surface area contributed by atoms with Crippen LogP contribution in [0.4, 0.5) is 0 Å². The third kappa shape index (κ3) is 1.61. The predicted octanol–water partition coefficient (Wildman–Crippen LogP) is 2.33. The van der Waals surface area contributed by atoms with E-state index in [-0.39, 0.29) is 22.3 Å². The Labute approximate surface area is 103 Å². The van der Waals surface area contributed by atoms with Crippen LogP contribution in [0.3, 0.4) is 0 Å². The minimum atomic E-state index is 0.263. The highest BCUT2D eigenvalue weighted by atomic mass is 14.3. The van der Waals surface area contributed by atoms with Crippen LogP contribution in [-0.2, 0) is 0 Å². The van der Waals surface area contributed by atoms with Crippen molar-refractivity contribution in [2.24, 2.45) is 0 Å². The molecule has 0 spiro atoms. The van der Waals surface area contributed by atoms with Gasteiger partial charge in [-0.2, -0.15) is 21.0 Å². The third-order valence-electron chi connectivity index (χ3n) is 2.59. The van der Waals surface area contributed by atoms with Crippen molar-refractivity contribution >= 4 is 10.8 Å². The third-order valence-corrected chi connectivity index (χ3v) is 2.59. The number of fused-ring (bicyclic) bond motifs is 1. The second-order valence-electron chi connectivity index (χ2n) is 3.59. The van der Waals surface area contributed by atoms with Crippen LogP contribution in [0.15, 0.2) is 24.3 Å². The van der Waals surface area contributed by atoms with Crippen molar-refractivity contribution < 1.29 is 0 Å². The Morgan fingerprint density at radius 3 is 0.889 bits per heavy atom. The lowest BCUT2D eigenvalue weighted by atomic mass is 9.98. The first-order valence-corrected chi connectivity index (χ1v) is 4.95. The zero-order chi connectivity index (χ0) is 13.1. The highest BCUT2D eigenvalue weighted by Crippen LogP contribution is 2.23. The van der Waals surface area contributed by atoms with Gasteiger partial charge in [-0.15, -0.1) is 0 Å². The molecule has 0 heterocycles. The smallest absolute Gasteiger partial charge is 0.101 e. The van der Waals surface area contributed by atoms with Crippen molar-refractivity contribution in [3.63, 3.8) is 0 Å². The van der Waals surface area contributed by atoms with Crippen molar-refractivity contribution in [1.82, 2.24) is 0 Å². The van der Waals surface area contributed by atoms with Gasteiger partial charge in [0.2, 0.25) is 0 Å². The number of benzene rings is 2. The fraction of sp³-hybridized carbons (Fsp3) is 0. The molecule has 0 unspecified atom stereocenters. The lowest BCUT2D eigenvalue weighted by molar-refractivity contribution is 1.43. The summed E-state index contributed by atoms with van der Waals surface area (Å²) in [7, 11) is 0. The van der Waals surface area contributed by atoms with Crippen LogP contribution in [0.25, 0.3) is 10.8 Å². The molecule has 0 radical (unpaired) electrons. The van der Waals surface area contributed by atoms with Crippen molar-refractivity contribution in [2.75, 3.05) is 0 Å². The molecule has 0 fully saturated rings. The van der Waals surface area contributed by atoms with Gasteiger partial charge in [-0.25, -0.2) is 0 Å². The van der Waals surface area contributed by atoms with Gasteiger partial charge in [-0.3, -0.25) is 0 Å². The van der Waals surface area contributed by atoms with Crippen molar-refractivity contribution in [3.05, 3.63) is 46.5 Å². The average molecular weight is 228 g/mol. The summed E-state index contributed by atoms with van der Waals surface area (Å²) in [5.41, 5.74) is 1.05. The number of nitrogens with zero attached hydrogens (tertiary/aromatic N) is 4. The normalized spacial score (nSPS) is 8.89. The predicted molar refractivity (Wildman–Crippen MR) is 62.8 cm³/mol. The van der Waals surface area contributed by atoms with Gasteiger partial charge in [0.05, 0.1) is 22.3 Å². The highest BCUT2D eigenvalue weighted by molar-refractivity contribution is 5.88. The molecule has 0 aliphatic heterocycles. The van der Waals surface area contributed by atoms with E-state index in [0.717, 1.165) is 0 Å². The molecule has 4 nitrogen and oxygen atoms in total. The van der Waals surface area contributed by atoms with Crippen molar-refractivity contribution in [3.8, 4) is 24.3 Å². The highest BCUT2D eigenvalue weighted by Gasteiger charge is 2.08. The first kappa shape index (κ1) is 11.2. The first-order valence-electron chi connectivity index (χ1n) is 4.95. The van der Waals surface area contributed by atoms with Crippen molar-refractivity contribution in [2.45, 2.75) is 0 Å². The lowest BCUT2D eigenvalue weighted by Gasteiger charge is -2.02. The summed E-state index contributed by atoms with van der Waals surface area (Å²) in [5, 5.41) is 37.0. The van der Waals surface area contributed by atoms with Crippen LogP contribution < -0.4 is 0 Å². The average Bonchev–Trinajstić information content (AvgIpc) is 2.43. The largest absolute Gasteiger partial charge is 0.192 e. The first-order chi connectivity index (χ1) is 8.73. The zero-order valence-corrected chi connectivity index (χ0v) is 9.10. The molecular weight excluding hydrogens is 224 g/mol. The Balaban J connectivity index is 2.90. The molecule has 0 saturated carbocycles. The van der Waals surface area contributed by atoms with E-state index in [0.29, 0.717) is 10.8 Å². The molecule has 2 rings (SSSR count). The molecule has 2 aromatic carbocycles. The second-order valence-corrected chi connectivity index (χ2v) is 3.59. The SMILES string of the molecule is N#Cc1cc2cc(C#N)c(C#N)cc2cc1C#N. The monoisotopic (exact) mass is 228 g/mol. The standard InChI is InChI=1S/C14H4N4/c15-5-11-1-9-2-13(7-17)14(8-18)4-10(9)3-12(11)6-16/h1-4H. The number of rotatable bonds is 0. The summed E-state index contributed by atoms with van der Waals surface area (Å²) in [6.07, 6.45) is 0. The maximum atomic E-state index is 8.92. The summed E-state index contributed by atoms with van der Waals surface area (Å²) in [6, 6.07) is 13.9. The van der Waals surface area contributed by atoms with E-state index < -0.39 is 0 Å². The molecule has 2 aromatic rings. The Hall–Kier alpha value is -3.34. The number of hydrogen-bond acceptors (Lipinski definition) is 4. The van der Waals surface area contributed by atoms with Gasteiger partial charge in [0.25, 0.3) is 0 Å². The fourth-order valence-electron chi connectivity index (χ4n) is 1.72. The van der Waals surface area contributed by atoms with Crippen LogP contribution >= 0.6 is 0 Å². The van der Waals surface area contributed by atoms with Gasteiger partial charge < -0.3 is 0 Å². The maximum absolute atomic E-state index is 8.92. The molecule has 0 bridgehead atoms. The molecule has 0 saturated heterocycles. The van der Waals surface area contributed by atoms with Crippen molar-refractivity contribution in [1.29, 1.82) is 21.0 Å². The van der Waals surface area contributed by atoms with Crippen LogP contribution in [0.2, 0.25) is 0 Å². The van der Waals surface area contributed by atoms with E-state index >= 15 is 0 Å². The Morgan fingerprint density at radius 2 is 0.722 bits per heavy atom. The lowest BCUT2D eigenvalue weighted by Crippen LogP contribution is -1.89. The number of nitriles is 4. The molecule has 0 aromatic heterocycles. The van der Waals surface area contributed by atoms with Gasteiger partial charge in [-0.05, 0) is 35.0 Å². The Morgan fingerprint density at radius 1 is 0.500 bits per heavy atom.